The maximum Gasteiger partial charge on any atom is 0.302 e. The normalized spacial score (nSPS) is 13.4. The van der Waals surface area contributed by atoms with E-state index in [9.17, 15) is 9.59 Å². The Bertz CT molecular complexity index is 451. The van der Waals surface area contributed by atoms with E-state index in [4.69, 9.17) is 9.47 Å². The molecule has 0 N–H and O–H groups in total. The lowest BCUT2D eigenvalue weighted by Gasteiger charge is -2.09. The van der Waals surface area contributed by atoms with Crippen LogP contribution in [0.1, 0.15) is 29.3 Å². The van der Waals surface area contributed by atoms with Gasteiger partial charge >= 0.3 is 5.97 Å². The molecule has 1 aliphatic carbocycles. The summed E-state index contributed by atoms with van der Waals surface area (Å²) in [7, 11) is 0. The zero-order valence-corrected chi connectivity index (χ0v) is 9.69. The Morgan fingerprint density at radius 3 is 2.88 bits per heavy atom. The quantitative estimate of drug-likeness (QED) is 0.588. The van der Waals surface area contributed by atoms with Gasteiger partial charge in [0.25, 0.3) is 0 Å². The van der Waals surface area contributed by atoms with E-state index in [0.717, 1.165) is 12.0 Å². The van der Waals surface area contributed by atoms with Crippen molar-refractivity contribution >= 4 is 11.8 Å². The van der Waals surface area contributed by atoms with E-state index in [2.05, 4.69) is 0 Å². The number of aryl methyl sites for hydroxylation is 1. The van der Waals surface area contributed by atoms with Gasteiger partial charge in [0, 0.05) is 13.3 Å². The molecule has 0 unspecified atom stereocenters. The van der Waals surface area contributed by atoms with E-state index >= 15 is 0 Å². The highest BCUT2D eigenvalue weighted by Crippen LogP contribution is 2.30. The second-order valence-corrected chi connectivity index (χ2v) is 3.90. The van der Waals surface area contributed by atoms with Crippen molar-refractivity contribution in [1.82, 2.24) is 0 Å². The monoisotopic (exact) mass is 234 g/mol. The molecule has 0 radical (unpaired) electrons. The van der Waals surface area contributed by atoms with Crippen molar-refractivity contribution in [3.05, 3.63) is 29.3 Å². The number of ether oxygens (including phenoxy) is 2. The Morgan fingerprint density at radius 1 is 1.29 bits per heavy atom. The van der Waals surface area contributed by atoms with Crippen molar-refractivity contribution in [1.29, 1.82) is 0 Å². The van der Waals surface area contributed by atoms with Gasteiger partial charge in [-0.1, -0.05) is 12.1 Å². The van der Waals surface area contributed by atoms with Gasteiger partial charge in [-0.3, -0.25) is 9.59 Å². The minimum atomic E-state index is -0.331. The van der Waals surface area contributed by atoms with E-state index in [-0.39, 0.29) is 25.0 Å². The molecule has 0 fully saturated rings. The van der Waals surface area contributed by atoms with Gasteiger partial charge in [0.1, 0.15) is 19.0 Å². The maximum atomic E-state index is 11.7. The molecular formula is C13H14O4. The summed E-state index contributed by atoms with van der Waals surface area (Å²) in [6.45, 7) is 1.82. The van der Waals surface area contributed by atoms with Crippen LogP contribution in [0.5, 0.6) is 5.75 Å². The van der Waals surface area contributed by atoms with Crippen LogP contribution in [0.25, 0.3) is 0 Å². The van der Waals surface area contributed by atoms with Crippen LogP contribution in [0, 0.1) is 0 Å². The van der Waals surface area contributed by atoms with E-state index < -0.39 is 0 Å². The second-order valence-electron chi connectivity index (χ2n) is 3.90. The van der Waals surface area contributed by atoms with E-state index in [0.29, 0.717) is 17.7 Å². The smallest absolute Gasteiger partial charge is 0.302 e. The first-order valence-corrected chi connectivity index (χ1v) is 5.59. The van der Waals surface area contributed by atoms with E-state index in [1.165, 1.54) is 6.92 Å². The third-order valence-corrected chi connectivity index (χ3v) is 2.66. The number of Topliss-reactive ketones (excluding diaryl/α,β-unsaturated/α-hetero) is 1. The molecular weight excluding hydrogens is 220 g/mol. The fourth-order valence-corrected chi connectivity index (χ4v) is 1.93. The fraction of sp³-hybridized carbons (Fsp3) is 0.385. The first kappa shape index (κ1) is 11.6. The summed E-state index contributed by atoms with van der Waals surface area (Å²) >= 11 is 0. The van der Waals surface area contributed by atoms with Gasteiger partial charge in [-0.25, -0.2) is 0 Å². The lowest BCUT2D eigenvalue weighted by atomic mass is 10.1. The molecule has 2 rings (SSSR count). The summed E-state index contributed by atoms with van der Waals surface area (Å²) < 4.78 is 10.2. The zero-order valence-electron chi connectivity index (χ0n) is 9.69. The SMILES string of the molecule is CC(=O)OCCOc1cccc2c1C(=O)CC2. The molecule has 0 atom stereocenters. The summed E-state index contributed by atoms with van der Waals surface area (Å²) in [5, 5.41) is 0. The molecule has 0 saturated heterocycles. The highest BCUT2D eigenvalue weighted by atomic mass is 16.6. The molecule has 4 heteroatoms. The van der Waals surface area contributed by atoms with Crippen LogP contribution in [0.3, 0.4) is 0 Å². The highest BCUT2D eigenvalue weighted by Gasteiger charge is 2.23. The lowest BCUT2D eigenvalue weighted by Crippen LogP contribution is -2.11. The molecule has 4 nitrogen and oxygen atoms in total. The largest absolute Gasteiger partial charge is 0.489 e. The van der Waals surface area contributed by atoms with Crippen LogP contribution in [-0.4, -0.2) is 25.0 Å². The molecule has 1 aliphatic rings. The van der Waals surface area contributed by atoms with Gasteiger partial charge in [-0.2, -0.15) is 0 Å². The molecule has 90 valence electrons. The molecule has 1 aromatic carbocycles. The van der Waals surface area contributed by atoms with Crippen LogP contribution in [0.2, 0.25) is 0 Å². The van der Waals surface area contributed by atoms with Gasteiger partial charge in [-0.15, -0.1) is 0 Å². The predicted molar refractivity (Wildman–Crippen MR) is 61.2 cm³/mol. The van der Waals surface area contributed by atoms with Crippen LogP contribution in [0.4, 0.5) is 0 Å². The van der Waals surface area contributed by atoms with Crippen LogP contribution < -0.4 is 4.74 Å². The first-order valence-electron chi connectivity index (χ1n) is 5.59. The van der Waals surface area contributed by atoms with Crippen LogP contribution in [-0.2, 0) is 16.0 Å². The highest BCUT2D eigenvalue weighted by molar-refractivity contribution is 6.02. The molecule has 17 heavy (non-hydrogen) atoms. The van der Waals surface area contributed by atoms with Gasteiger partial charge in [0.05, 0.1) is 5.56 Å². The van der Waals surface area contributed by atoms with Crippen molar-refractivity contribution in [3.63, 3.8) is 0 Å². The molecule has 0 amide bonds. The van der Waals surface area contributed by atoms with Crippen LogP contribution in [0.15, 0.2) is 18.2 Å². The molecule has 1 aromatic rings. The summed E-state index contributed by atoms with van der Waals surface area (Å²) in [4.78, 5) is 22.2. The van der Waals surface area contributed by atoms with Gasteiger partial charge < -0.3 is 9.47 Å². The Balaban J connectivity index is 2.00. The molecule has 0 heterocycles. The number of carbonyl (C=O) groups is 2. The van der Waals surface area contributed by atoms with Gasteiger partial charge in [0.2, 0.25) is 0 Å². The lowest BCUT2D eigenvalue weighted by molar-refractivity contribution is -0.141. The summed E-state index contributed by atoms with van der Waals surface area (Å²) in [5.41, 5.74) is 1.73. The predicted octanol–water partition coefficient (Wildman–Crippen LogP) is 1.76. The minimum absolute atomic E-state index is 0.128. The average Bonchev–Trinajstić information content (AvgIpc) is 2.67. The topological polar surface area (TPSA) is 52.6 Å². The standard InChI is InChI=1S/C13H14O4/c1-9(14)16-7-8-17-12-4-2-3-10-5-6-11(15)13(10)12/h2-4H,5-8H2,1H3. The number of carbonyl (C=O) groups excluding carboxylic acids is 2. The molecule has 0 saturated carbocycles. The third kappa shape index (κ3) is 2.64. The van der Waals surface area contributed by atoms with E-state index in [1.807, 2.05) is 12.1 Å². The number of esters is 1. The number of rotatable bonds is 4. The van der Waals surface area contributed by atoms with Crippen molar-refractivity contribution in [2.24, 2.45) is 0 Å². The van der Waals surface area contributed by atoms with Gasteiger partial charge in [0.15, 0.2) is 5.78 Å². The van der Waals surface area contributed by atoms with Crippen molar-refractivity contribution < 1.29 is 19.1 Å². The number of ketones is 1. The number of benzene rings is 1. The maximum absolute atomic E-state index is 11.7. The molecule has 0 spiro atoms. The molecule has 0 bridgehead atoms. The van der Waals surface area contributed by atoms with E-state index in [1.54, 1.807) is 6.07 Å². The summed E-state index contributed by atoms with van der Waals surface area (Å²) in [6, 6.07) is 5.59. The van der Waals surface area contributed by atoms with Gasteiger partial charge in [-0.05, 0) is 18.1 Å². The second kappa shape index (κ2) is 4.99. The first-order chi connectivity index (χ1) is 8.18. The van der Waals surface area contributed by atoms with Crippen LogP contribution >= 0.6 is 0 Å². The molecule has 0 aromatic heterocycles. The Labute approximate surface area is 99.5 Å². The third-order valence-electron chi connectivity index (χ3n) is 2.66. The summed E-state index contributed by atoms with van der Waals surface area (Å²) in [5.74, 6) is 0.392. The summed E-state index contributed by atoms with van der Waals surface area (Å²) in [6.07, 6.45) is 1.34. The van der Waals surface area contributed by atoms with Crippen molar-refractivity contribution in [2.75, 3.05) is 13.2 Å². The fourth-order valence-electron chi connectivity index (χ4n) is 1.93. The number of hydrogen-bond acceptors (Lipinski definition) is 4. The Kier molecular flexibility index (Phi) is 3.42. The van der Waals surface area contributed by atoms with Crippen molar-refractivity contribution in [2.45, 2.75) is 19.8 Å². The number of fused-ring (bicyclic) bond motifs is 1. The average molecular weight is 234 g/mol. The number of hydrogen-bond donors (Lipinski definition) is 0. The Morgan fingerprint density at radius 2 is 2.12 bits per heavy atom. The Hall–Kier alpha value is -1.84. The minimum Gasteiger partial charge on any atom is -0.489 e. The zero-order chi connectivity index (χ0) is 12.3. The molecule has 0 aliphatic heterocycles. The van der Waals surface area contributed by atoms with Crippen molar-refractivity contribution in [3.8, 4) is 5.75 Å².